The molecule has 1 atom stereocenters. The number of esters is 1. The molecule has 0 aromatic carbocycles. The molecule has 0 heterocycles. The van der Waals surface area contributed by atoms with Gasteiger partial charge in [-0.1, -0.05) is 34.6 Å². The first-order valence-electron chi connectivity index (χ1n) is 9.03. The second-order valence-electron chi connectivity index (χ2n) is 6.10. The molecule has 0 rings (SSSR count). The summed E-state index contributed by atoms with van der Waals surface area (Å²) < 4.78 is 4.80. The number of rotatable bonds is 12. The Balaban J connectivity index is 4.78. The average Bonchev–Trinajstić information content (AvgIpc) is 2.57. The molecule has 0 aliphatic rings. The van der Waals surface area contributed by atoms with E-state index in [0.717, 1.165) is 38.9 Å². The van der Waals surface area contributed by atoms with Gasteiger partial charge < -0.3 is 14.5 Å². The third-order valence-electron chi connectivity index (χ3n) is 4.54. The van der Waals surface area contributed by atoms with Crippen molar-refractivity contribution < 1.29 is 14.3 Å². The standard InChI is InChI=1S/C18H36N2O3/c1-7-16(8-2)17(21)20(14-15(5)18(22)23-6)13-11-12-19(9-3)10-4/h15-16H,7-14H2,1-6H3. The van der Waals surface area contributed by atoms with Crippen molar-refractivity contribution in [1.29, 1.82) is 0 Å². The second-order valence-corrected chi connectivity index (χ2v) is 6.10. The Kier molecular flexibility index (Phi) is 11.7. The molecule has 1 amide bonds. The maximum absolute atomic E-state index is 12.7. The fourth-order valence-corrected chi connectivity index (χ4v) is 2.82. The first-order valence-corrected chi connectivity index (χ1v) is 9.03. The van der Waals surface area contributed by atoms with Gasteiger partial charge in [-0.15, -0.1) is 0 Å². The van der Waals surface area contributed by atoms with Crippen LogP contribution in [0.2, 0.25) is 0 Å². The lowest BCUT2D eigenvalue weighted by atomic mass is 10.0. The molecule has 0 radical (unpaired) electrons. The quantitative estimate of drug-likeness (QED) is 0.517. The molecule has 5 nitrogen and oxygen atoms in total. The van der Waals surface area contributed by atoms with Gasteiger partial charge in [0.2, 0.25) is 5.91 Å². The van der Waals surface area contributed by atoms with E-state index in [9.17, 15) is 9.59 Å². The van der Waals surface area contributed by atoms with Gasteiger partial charge in [-0.05, 0) is 38.9 Å². The molecule has 0 fully saturated rings. The molecule has 0 N–H and O–H groups in total. The molecule has 5 heteroatoms. The first-order chi connectivity index (χ1) is 10.9. The minimum atomic E-state index is -0.285. The summed E-state index contributed by atoms with van der Waals surface area (Å²) in [6, 6.07) is 0. The first kappa shape index (κ1) is 21.9. The number of hydrogen-bond acceptors (Lipinski definition) is 4. The van der Waals surface area contributed by atoms with Crippen LogP contribution in [0.15, 0.2) is 0 Å². The monoisotopic (exact) mass is 328 g/mol. The SMILES string of the molecule is CCC(CC)C(=O)N(CCCN(CC)CC)CC(C)C(=O)OC. The number of ether oxygens (including phenoxy) is 1. The van der Waals surface area contributed by atoms with Crippen LogP contribution in [0.1, 0.15) is 53.9 Å². The van der Waals surface area contributed by atoms with Crippen molar-refractivity contribution in [2.45, 2.75) is 53.9 Å². The van der Waals surface area contributed by atoms with Crippen molar-refractivity contribution in [3.05, 3.63) is 0 Å². The highest BCUT2D eigenvalue weighted by molar-refractivity contribution is 5.80. The predicted molar refractivity (Wildman–Crippen MR) is 94.2 cm³/mol. The Hall–Kier alpha value is -1.10. The maximum atomic E-state index is 12.7. The molecule has 0 aliphatic heterocycles. The van der Waals surface area contributed by atoms with Gasteiger partial charge in [0, 0.05) is 19.0 Å². The summed E-state index contributed by atoms with van der Waals surface area (Å²) >= 11 is 0. The molecular formula is C18H36N2O3. The number of methoxy groups -OCH3 is 1. The highest BCUT2D eigenvalue weighted by Crippen LogP contribution is 2.14. The Morgan fingerprint density at radius 3 is 2.00 bits per heavy atom. The van der Waals surface area contributed by atoms with Gasteiger partial charge >= 0.3 is 5.97 Å². The van der Waals surface area contributed by atoms with Crippen molar-refractivity contribution in [2.75, 3.05) is 39.8 Å². The normalized spacial score (nSPS) is 12.5. The molecule has 1 unspecified atom stereocenters. The summed E-state index contributed by atoms with van der Waals surface area (Å²) in [4.78, 5) is 28.6. The van der Waals surface area contributed by atoms with E-state index in [1.54, 1.807) is 0 Å². The number of nitrogens with zero attached hydrogens (tertiary/aromatic N) is 2. The predicted octanol–water partition coefficient (Wildman–Crippen LogP) is 2.79. The van der Waals surface area contributed by atoms with E-state index in [2.05, 4.69) is 18.7 Å². The van der Waals surface area contributed by atoms with E-state index in [-0.39, 0.29) is 23.7 Å². The van der Waals surface area contributed by atoms with Crippen LogP contribution in [0, 0.1) is 11.8 Å². The van der Waals surface area contributed by atoms with Crippen LogP contribution in [0.5, 0.6) is 0 Å². The summed E-state index contributed by atoms with van der Waals surface area (Å²) in [7, 11) is 1.40. The molecule has 0 spiro atoms. The van der Waals surface area contributed by atoms with Crippen molar-refractivity contribution in [1.82, 2.24) is 9.80 Å². The van der Waals surface area contributed by atoms with Crippen molar-refractivity contribution >= 4 is 11.9 Å². The average molecular weight is 328 g/mol. The lowest BCUT2D eigenvalue weighted by Crippen LogP contribution is -2.42. The van der Waals surface area contributed by atoms with Gasteiger partial charge in [0.15, 0.2) is 0 Å². The van der Waals surface area contributed by atoms with E-state index in [1.807, 2.05) is 25.7 Å². The number of hydrogen-bond donors (Lipinski definition) is 0. The highest BCUT2D eigenvalue weighted by atomic mass is 16.5. The molecular weight excluding hydrogens is 292 g/mol. The largest absolute Gasteiger partial charge is 0.469 e. The third kappa shape index (κ3) is 7.82. The molecule has 0 aliphatic carbocycles. The Morgan fingerprint density at radius 2 is 1.57 bits per heavy atom. The zero-order chi connectivity index (χ0) is 17.8. The van der Waals surface area contributed by atoms with Crippen molar-refractivity contribution in [3.8, 4) is 0 Å². The molecule has 23 heavy (non-hydrogen) atoms. The zero-order valence-electron chi connectivity index (χ0n) is 15.9. The lowest BCUT2D eigenvalue weighted by molar-refractivity contribution is -0.147. The van der Waals surface area contributed by atoms with Crippen LogP contribution in [0.4, 0.5) is 0 Å². The van der Waals surface area contributed by atoms with Crippen LogP contribution >= 0.6 is 0 Å². The van der Waals surface area contributed by atoms with Gasteiger partial charge in [-0.2, -0.15) is 0 Å². The van der Waals surface area contributed by atoms with Gasteiger partial charge in [0.1, 0.15) is 0 Å². The lowest BCUT2D eigenvalue weighted by Gasteiger charge is -2.29. The van der Waals surface area contributed by atoms with Gasteiger partial charge in [0.25, 0.3) is 0 Å². The van der Waals surface area contributed by atoms with Gasteiger partial charge in [-0.25, -0.2) is 0 Å². The molecule has 136 valence electrons. The Bertz CT molecular complexity index is 339. The minimum Gasteiger partial charge on any atom is -0.469 e. The number of carbonyl (C=O) groups excluding carboxylic acids is 2. The van der Waals surface area contributed by atoms with Gasteiger partial charge in [0.05, 0.1) is 13.0 Å². The van der Waals surface area contributed by atoms with E-state index in [0.29, 0.717) is 13.1 Å². The van der Waals surface area contributed by atoms with Crippen LogP contribution in [0.3, 0.4) is 0 Å². The molecule has 0 saturated heterocycles. The highest BCUT2D eigenvalue weighted by Gasteiger charge is 2.25. The molecule has 0 bridgehead atoms. The molecule has 0 saturated carbocycles. The summed E-state index contributed by atoms with van der Waals surface area (Å²) in [5, 5.41) is 0. The smallest absolute Gasteiger partial charge is 0.310 e. The molecule has 0 aromatic heterocycles. The van der Waals surface area contributed by atoms with Crippen LogP contribution in [-0.4, -0.2) is 61.5 Å². The summed E-state index contributed by atoms with van der Waals surface area (Å²) in [6.45, 7) is 14.4. The minimum absolute atomic E-state index is 0.0494. The number of amides is 1. The Morgan fingerprint density at radius 1 is 1.00 bits per heavy atom. The van der Waals surface area contributed by atoms with E-state index >= 15 is 0 Å². The van der Waals surface area contributed by atoms with Gasteiger partial charge in [-0.3, -0.25) is 9.59 Å². The summed E-state index contributed by atoms with van der Waals surface area (Å²) in [5.74, 6) is -0.318. The van der Waals surface area contributed by atoms with Crippen molar-refractivity contribution in [3.63, 3.8) is 0 Å². The maximum Gasteiger partial charge on any atom is 0.310 e. The fraction of sp³-hybridized carbons (Fsp3) is 0.889. The summed E-state index contributed by atoms with van der Waals surface area (Å²) in [6.07, 6.45) is 2.62. The number of carbonyl (C=O) groups is 2. The van der Waals surface area contributed by atoms with E-state index in [1.165, 1.54) is 7.11 Å². The second kappa shape index (κ2) is 12.3. The van der Waals surface area contributed by atoms with Crippen LogP contribution < -0.4 is 0 Å². The van der Waals surface area contributed by atoms with E-state index < -0.39 is 0 Å². The fourth-order valence-electron chi connectivity index (χ4n) is 2.82. The van der Waals surface area contributed by atoms with Crippen LogP contribution in [0.25, 0.3) is 0 Å². The van der Waals surface area contributed by atoms with Crippen molar-refractivity contribution in [2.24, 2.45) is 11.8 Å². The van der Waals surface area contributed by atoms with Crippen LogP contribution in [-0.2, 0) is 14.3 Å². The summed E-state index contributed by atoms with van der Waals surface area (Å²) in [5.41, 5.74) is 0. The topological polar surface area (TPSA) is 49.9 Å². The third-order valence-corrected chi connectivity index (χ3v) is 4.54. The van der Waals surface area contributed by atoms with E-state index in [4.69, 9.17) is 4.74 Å². The zero-order valence-corrected chi connectivity index (χ0v) is 15.9. The molecule has 0 aromatic rings. The Labute approximate surface area is 142 Å².